The van der Waals surface area contributed by atoms with Crippen LogP contribution in [0.15, 0.2) is 77.9 Å². The molecule has 1 aromatic heterocycles. The molecular weight excluding hydrogens is 565 g/mol. The Morgan fingerprint density at radius 3 is 2.51 bits per heavy atom. The maximum absolute atomic E-state index is 13.6. The number of rotatable bonds is 8. The number of halogens is 2. The Kier molecular flexibility index (Phi) is 8.74. The van der Waals surface area contributed by atoms with Crippen LogP contribution in [-0.4, -0.2) is 77.7 Å². The van der Waals surface area contributed by atoms with Crippen molar-refractivity contribution in [1.29, 1.82) is 0 Å². The van der Waals surface area contributed by atoms with Crippen molar-refractivity contribution in [2.75, 3.05) is 51.6 Å². The molecule has 1 amide bonds. The first kappa shape index (κ1) is 28.9. The van der Waals surface area contributed by atoms with Gasteiger partial charge in [0.15, 0.2) is 0 Å². The molecule has 43 heavy (non-hydrogen) atoms. The number of anilines is 2. The fraction of sp³-hybridized carbons (Fsp3) is 0.273. The summed E-state index contributed by atoms with van der Waals surface area (Å²) in [7, 11) is 2.15. The Bertz CT molecular complexity index is 1630. The van der Waals surface area contributed by atoms with E-state index in [0.29, 0.717) is 29.6 Å². The summed E-state index contributed by atoms with van der Waals surface area (Å²) >= 11 is 6.39. The van der Waals surface area contributed by atoms with Crippen molar-refractivity contribution in [1.82, 2.24) is 25.1 Å². The minimum Gasteiger partial charge on any atom is -0.352 e. The van der Waals surface area contributed by atoms with E-state index in [9.17, 15) is 9.18 Å². The Labute approximate surface area is 255 Å². The lowest BCUT2D eigenvalue weighted by Crippen LogP contribution is -2.45. The first-order valence-electron chi connectivity index (χ1n) is 14.5. The summed E-state index contributed by atoms with van der Waals surface area (Å²) in [5.74, 6) is 0.0314. The van der Waals surface area contributed by atoms with Crippen molar-refractivity contribution >= 4 is 34.9 Å². The second-order valence-corrected chi connectivity index (χ2v) is 11.3. The summed E-state index contributed by atoms with van der Waals surface area (Å²) in [6.45, 7) is 6.36. The number of likely N-dealkylation sites (N-methyl/N-ethyl adjacent to an activating group) is 1. The van der Waals surface area contributed by atoms with Crippen molar-refractivity contribution in [2.24, 2.45) is 4.99 Å². The third-order valence-corrected chi connectivity index (χ3v) is 8.05. The minimum absolute atomic E-state index is 0.0848. The molecular formula is C33H33ClFN7O. The zero-order valence-electron chi connectivity index (χ0n) is 24.0. The fourth-order valence-electron chi connectivity index (χ4n) is 5.35. The Morgan fingerprint density at radius 1 is 0.977 bits per heavy atom. The van der Waals surface area contributed by atoms with Crippen LogP contribution in [0.1, 0.15) is 33.5 Å². The number of benzene rings is 3. The van der Waals surface area contributed by atoms with Crippen LogP contribution in [0.2, 0.25) is 5.02 Å². The van der Waals surface area contributed by atoms with Crippen molar-refractivity contribution in [2.45, 2.75) is 13.0 Å². The van der Waals surface area contributed by atoms with Gasteiger partial charge < -0.3 is 20.4 Å². The number of aliphatic imine (C=N–C) groups is 1. The van der Waals surface area contributed by atoms with Crippen LogP contribution in [0, 0.1) is 5.82 Å². The van der Waals surface area contributed by atoms with Gasteiger partial charge in [0.2, 0.25) is 5.95 Å². The third-order valence-electron chi connectivity index (χ3n) is 7.82. The summed E-state index contributed by atoms with van der Waals surface area (Å²) in [6.07, 6.45) is 2.70. The number of amides is 1. The third kappa shape index (κ3) is 6.91. The quantitative estimate of drug-likeness (QED) is 0.265. The molecule has 220 valence electrons. The minimum atomic E-state index is -0.306. The maximum Gasteiger partial charge on any atom is 0.251 e. The molecule has 0 unspecified atom stereocenters. The van der Waals surface area contributed by atoms with Gasteiger partial charge in [-0.25, -0.2) is 14.4 Å². The molecule has 4 aromatic rings. The van der Waals surface area contributed by atoms with E-state index in [2.05, 4.69) is 32.5 Å². The molecule has 0 bridgehead atoms. The monoisotopic (exact) mass is 597 g/mol. The topological polar surface area (TPSA) is 85.8 Å². The number of nitrogens with zero attached hydrogens (tertiary/aromatic N) is 5. The Morgan fingerprint density at radius 2 is 1.74 bits per heavy atom. The molecule has 8 nitrogen and oxygen atoms in total. The number of fused-ring (bicyclic) bond motifs is 3. The molecule has 0 spiro atoms. The van der Waals surface area contributed by atoms with Crippen LogP contribution in [0.4, 0.5) is 16.0 Å². The van der Waals surface area contributed by atoms with E-state index in [0.717, 1.165) is 78.5 Å². The summed E-state index contributed by atoms with van der Waals surface area (Å²) in [4.78, 5) is 31.7. The van der Waals surface area contributed by atoms with Crippen molar-refractivity contribution in [3.8, 4) is 11.3 Å². The van der Waals surface area contributed by atoms with Gasteiger partial charge in [-0.3, -0.25) is 9.79 Å². The summed E-state index contributed by atoms with van der Waals surface area (Å²) < 4.78 is 13.6. The largest absolute Gasteiger partial charge is 0.352 e. The van der Waals surface area contributed by atoms with Crippen LogP contribution >= 0.6 is 11.6 Å². The summed E-state index contributed by atoms with van der Waals surface area (Å²) in [5.41, 5.74) is 6.18. The van der Waals surface area contributed by atoms with Crippen molar-refractivity contribution in [3.63, 3.8) is 0 Å². The van der Waals surface area contributed by atoms with Gasteiger partial charge >= 0.3 is 0 Å². The first-order valence-corrected chi connectivity index (χ1v) is 14.8. The number of carbonyl (C=O) groups excluding carboxylic acids is 1. The van der Waals surface area contributed by atoms with Gasteiger partial charge in [-0.1, -0.05) is 17.7 Å². The molecule has 1 saturated heterocycles. The first-order chi connectivity index (χ1) is 20.9. The number of piperazine rings is 1. The van der Waals surface area contributed by atoms with E-state index in [-0.39, 0.29) is 11.7 Å². The van der Waals surface area contributed by atoms with Crippen LogP contribution in [0.5, 0.6) is 0 Å². The van der Waals surface area contributed by atoms with Gasteiger partial charge in [0.1, 0.15) is 5.82 Å². The van der Waals surface area contributed by atoms with Gasteiger partial charge in [-0.05, 0) is 80.7 Å². The molecule has 0 radical (unpaired) electrons. The number of aromatic nitrogens is 2. The average molecular weight is 598 g/mol. The molecule has 1 fully saturated rings. The Balaban J connectivity index is 1.12. The van der Waals surface area contributed by atoms with Gasteiger partial charge in [0.25, 0.3) is 5.91 Å². The van der Waals surface area contributed by atoms with Gasteiger partial charge in [0, 0.05) is 77.4 Å². The van der Waals surface area contributed by atoms with Gasteiger partial charge in [0.05, 0.1) is 18.0 Å². The molecule has 3 aromatic carbocycles. The maximum atomic E-state index is 13.6. The van der Waals surface area contributed by atoms with E-state index in [1.54, 1.807) is 30.5 Å². The predicted molar refractivity (Wildman–Crippen MR) is 169 cm³/mol. The lowest BCUT2D eigenvalue weighted by atomic mass is 9.95. The molecule has 0 atom stereocenters. The highest BCUT2D eigenvalue weighted by molar-refractivity contribution is 6.31. The average Bonchev–Trinajstić information content (AvgIpc) is 3.17. The van der Waals surface area contributed by atoms with E-state index in [1.165, 1.54) is 12.1 Å². The molecule has 2 N–H and O–H groups in total. The van der Waals surface area contributed by atoms with E-state index in [1.807, 2.05) is 30.3 Å². The highest BCUT2D eigenvalue weighted by Crippen LogP contribution is 2.34. The smallest absolute Gasteiger partial charge is 0.251 e. The number of nitrogens with one attached hydrogen (secondary N) is 2. The van der Waals surface area contributed by atoms with Crippen LogP contribution in [0.25, 0.3) is 11.3 Å². The highest BCUT2D eigenvalue weighted by Gasteiger charge is 2.22. The standard InChI is InChI=1S/C33H33ClFN7O/c1-41-15-17-42(18-16-41)14-2-13-36-32(43)23-5-10-27(11-6-23)39-33-38-21-24-20-37-30(22-3-8-26(35)9-4-22)29-19-25(34)7-12-28(29)31(24)40-33/h3-12,19,21H,2,13-18,20H2,1H3,(H,36,43)(H,38,39,40). The summed E-state index contributed by atoms with van der Waals surface area (Å²) in [5, 5.41) is 6.86. The van der Waals surface area contributed by atoms with E-state index >= 15 is 0 Å². The summed E-state index contributed by atoms with van der Waals surface area (Å²) in [6, 6.07) is 19.2. The lowest BCUT2D eigenvalue weighted by Gasteiger charge is -2.32. The molecule has 2 aliphatic heterocycles. The van der Waals surface area contributed by atoms with Crippen LogP contribution < -0.4 is 10.6 Å². The lowest BCUT2D eigenvalue weighted by molar-refractivity contribution is 0.0949. The molecule has 6 rings (SSSR count). The van der Waals surface area contributed by atoms with Crippen LogP contribution in [0.3, 0.4) is 0 Å². The fourth-order valence-corrected chi connectivity index (χ4v) is 5.52. The zero-order chi connectivity index (χ0) is 29.8. The number of hydrogen-bond acceptors (Lipinski definition) is 7. The van der Waals surface area contributed by atoms with Crippen molar-refractivity contribution in [3.05, 3.63) is 106 Å². The van der Waals surface area contributed by atoms with Crippen molar-refractivity contribution < 1.29 is 9.18 Å². The normalized spacial score (nSPS) is 15.2. The SMILES string of the molecule is CN1CCN(CCCNC(=O)c2ccc(Nc3ncc4c(n3)-c3ccc(Cl)cc3C(c3ccc(F)cc3)=NC4)cc2)CC1. The van der Waals surface area contributed by atoms with E-state index < -0.39 is 0 Å². The second-order valence-electron chi connectivity index (χ2n) is 10.9. The Hall–Kier alpha value is -4.18. The molecule has 2 aliphatic rings. The second kappa shape index (κ2) is 13.0. The highest BCUT2D eigenvalue weighted by atomic mass is 35.5. The molecule has 0 aliphatic carbocycles. The molecule has 10 heteroatoms. The van der Waals surface area contributed by atoms with Gasteiger partial charge in [-0.2, -0.15) is 0 Å². The number of carbonyl (C=O) groups is 1. The zero-order valence-corrected chi connectivity index (χ0v) is 24.7. The molecule has 3 heterocycles. The van der Waals surface area contributed by atoms with Crippen LogP contribution in [-0.2, 0) is 6.54 Å². The predicted octanol–water partition coefficient (Wildman–Crippen LogP) is 5.40. The number of hydrogen-bond donors (Lipinski definition) is 2. The molecule has 0 saturated carbocycles. The van der Waals surface area contributed by atoms with E-state index in [4.69, 9.17) is 21.6 Å². The van der Waals surface area contributed by atoms with Gasteiger partial charge in [-0.15, -0.1) is 0 Å².